The molecule has 0 saturated carbocycles. The van der Waals surface area contributed by atoms with Crippen molar-refractivity contribution in [3.8, 4) is 22.8 Å². The molecule has 0 radical (unpaired) electrons. The molecule has 10 heteroatoms. The maximum absolute atomic E-state index is 11.6. The van der Waals surface area contributed by atoms with E-state index in [0.29, 0.717) is 48.1 Å². The monoisotopic (exact) mass is 446 g/mol. The van der Waals surface area contributed by atoms with Crippen molar-refractivity contribution in [1.29, 1.82) is 0 Å². The van der Waals surface area contributed by atoms with Gasteiger partial charge >= 0.3 is 6.09 Å². The fourth-order valence-electron chi connectivity index (χ4n) is 3.87. The van der Waals surface area contributed by atoms with Gasteiger partial charge in [-0.1, -0.05) is 18.2 Å². The molecule has 1 aliphatic rings. The van der Waals surface area contributed by atoms with E-state index >= 15 is 0 Å². The molecular weight excluding hydrogens is 424 g/mol. The lowest BCUT2D eigenvalue weighted by atomic mass is 10.1. The van der Waals surface area contributed by atoms with Crippen LogP contribution in [0, 0.1) is 0 Å². The van der Waals surface area contributed by atoms with E-state index in [1.165, 1.54) is 11.2 Å². The fourth-order valence-corrected chi connectivity index (χ4v) is 3.87. The molecule has 1 saturated heterocycles. The van der Waals surface area contributed by atoms with Crippen LogP contribution in [0.3, 0.4) is 0 Å². The summed E-state index contributed by atoms with van der Waals surface area (Å²) in [5.41, 5.74) is 8.16. The molecule has 3 heterocycles. The number of amides is 1. The molecule has 168 valence electrons. The van der Waals surface area contributed by atoms with Crippen molar-refractivity contribution < 1.29 is 19.4 Å². The number of carbonyl (C=O) groups is 1. The molecule has 3 N–H and O–H groups in total. The summed E-state index contributed by atoms with van der Waals surface area (Å²) < 4.78 is 13.2. The molecule has 33 heavy (non-hydrogen) atoms. The third kappa shape index (κ3) is 4.15. The van der Waals surface area contributed by atoms with Gasteiger partial charge in [-0.05, 0) is 36.4 Å². The molecule has 1 amide bonds. The van der Waals surface area contributed by atoms with Crippen LogP contribution >= 0.6 is 0 Å². The van der Waals surface area contributed by atoms with Crippen LogP contribution in [0.4, 0.5) is 10.6 Å². The van der Waals surface area contributed by atoms with Crippen molar-refractivity contribution in [2.45, 2.75) is 6.04 Å². The van der Waals surface area contributed by atoms with Gasteiger partial charge in [-0.2, -0.15) is 5.10 Å². The van der Waals surface area contributed by atoms with Crippen molar-refractivity contribution in [2.75, 3.05) is 32.0 Å². The lowest BCUT2D eigenvalue weighted by molar-refractivity contribution is 0.119. The molecule has 4 aromatic rings. The quantitative estimate of drug-likeness (QED) is 0.488. The van der Waals surface area contributed by atoms with Gasteiger partial charge in [0, 0.05) is 18.7 Å². The van der Waals surface area contributed by atoms with Gasteiger partial charge in [0.2, 0.25) is 0 Å². The van der Waals surface area contributed by atoms with Gasteiger partial charge in [-0.15, -0.1) is 0 Å². The van der Waals surface area contributed by atoms with Gasteiger partial charge in [0.1, 0.15) is 29.3 Å². The van der Waals surface area contributed by atoms with Gasteiger partial charge in [0.05, 0.1) is 24.6 Å². The Balaban J connectivity index is 1.52. The van der Waals surface area contributed by atoms with Crippen molar-refractivity contribution in [2.24, 2.45) is 0 Å². The zero-order valence-corrected chi connectivity index (χ0v) is 17.7. The van der Waals surface area contributed by atoms with Crippen molar-refractivity contribution in [3.05, 3.63) is 60.9 Å². The first-order chi connectivity index (χ1) is 16.1. The molecule has 2 aromatic heterocycles. The second kappa shape index (κ2) is 8.75. The summed E-state index contributed by atoms with van der Waals surface area (Å²) in [5, 5.41) is 14.9. The predicted octanol–water partition coefficient (Wildman–Crippen LogP) is 3.42. The number of ether oxygens (including phenoxy) is 2. The number of para-hydroxylation sites is 1. The molecular formula is C23H22N6O4. The molecule has 0 aliphatic carbocycles. The molecule has 10 nitrogen and oxygen atoms in total. The van der Waals surface area contributed by atoms with Crippen LogP contribution in [-0.2, 0) is 4.74 Å². The zero-order chi connectivity index (χ0) is 22.8. The first-order valence-electron chi connectivity index (χ1n) is 10.5. The summed E-state index contributed by atoms with van der Waals surface area (Å²) in [4.78, 5) is 21.4. The molecule has 5 rings (SSSR count). The van der Waals surface area contributed by atoms with Gasteiger partial charge in [0.25, 0.3) is 0 Å². The molecule has 1 unspecified atom stereocenters. The predicted molar refractivity (Wildman–Crippen MR) is 121 cm³/mol. The minimum Gasteiger partial charge on any atom is -0.465 e. The lowest BCUT2D eigenvalue weighted by Crippen LogP contribution is -2.35. The number of anilines is 1. The van der Waals surface area contributed by atoms with Crippen molar-refractivity contribution >= 4 is 22.9 Å². The summed E-state index contributed by atoms with van der Waals surface area (Å²) in [6.45, 7) is 1.18. The molecule has 1 atom stereocenters. The van der Waals surface area contributed by atoms with Crippen LogP contribution in [0.15, 0.2) is 60.9 Å². The molecule has 2 aromatic carbocycles. The highest BCUT2D eigenvalue weighted by Crippen LogP contribution is 2.33. The maximum atomic E-state index is 11.6. The van der Waals surface area contributed by atoms with Gasteiger partial charge < -0.3 is 25.2 Å². The Morgan fingerprint density at radius 1 is 1.09 bits per heavy atom. The summed E-state index contributed by atoms with van der Waals surface area (Å²) in [5.74, 6) is 1.73. The third-order valence-corrected chi connectivity index (χ3v) is 5.49. The van der Waals surface area contributed by atoms with Crippen LogP contribution in [0.5, 0.6) is 11.5 Å². The number of benzene rings is 2. The molecule has 0 spiro atoms. The fraction of sp³-hybridized carbons (Fsp3) is 0.217. The Hall–Kier alpha value is -4.18. The van der Waals surface area contributed by atoms with E-state index in [1.807, 2.05) is 54.6 Å². The largest absolute Gasteiger partial charge is 0.465 e. The topological polar surface area (TPSA) is 129 Å². The number of hydrogen-bond donors (Lipinski definition) is 2. The first kappa shape index (κ1) is 20.7. The van der Waals surface area contributed by atoms with E-state index < -0.39 is 6.09 Å². The van der Waals surface area contributed by atoms with Gasteiger partial charge in [0.15, 0.2) is 5.65 Å². The number of carboxylic acid groups (broad SMARTS) is 1. The van der Waals surface area contributed by atoms with Crippen LogP contribution in [0.2, 0.25) is 0 Å². The van der Waals surface area contributed by atoms with Gasteiger partial charge in [-0.3, -0.25) is 0 Å². The zero-order valence-electron chi connectivity index (χ0n) is 17.7. The van der Waals surface area contributed by atoms with Gasteiger partial charge in [-0.25, -0.2) is 19.4 Å². The van der Waals surface area contributed by atoms with E-state index in [-0.39, 0.29) is 12.6 Å². The smallest absolute Gasteiger partial charge is 0.407 e. The van der Waals surface area contributed by atoms with E-state index in [4.69, 9.17) is 20.3 Å². The Bertz CT molecular complexity index is 1280. The Morgan fingerprint density at radius 3 is 2.61 bits per heavy atom. The van der Waals surface area contributed by atoms with E-state index in [9.17, 15) is 9.90 Å². The minimum atomic E-state index is -0.995. The molecule has 0 bridgehead atoms. The number of nitrogens with zero attached hydrogens (tertiary/aromatic N) is 5. The number of aromatic nitrogens is 4. The highest BCUT2D eigenvalue weighted by atomic mass is 16.5. The number of hydrogen-bond acceptors (Lipinski definition) is 7. The number of nitrogens with two attached hydrogens (primary N) is 1. The lowest BCUT2D eigenvalue weighted by Gasteiger charge is -2.21. The molecule has 1 aliphatic heterocycles. The molecule has 1 fully saturated rings. The SMILES string of the molecule is Nc1ncnc2c1c(-c1ccc(Oc3ccccc3)cc1)nn2C1COCCN(C(=O)O)C1. The second-order valence-electron chi connectivity index (χ2n) is 7.65. The summed E-state index contributed by atoms with van der Waals surface area (Å²) in [6, 6.07) is 16.7. The average Bonchev–Trinajstić information content (AvgIpc) is 3.04. The highest BCUT2D eigenvalue weighted by molar-refractivity contribution is 5.98. The maximum Gasteiger partial charge on any atom is 0.407 e. The summed E-state index contributed by atoms with van der Waals surface area (Å²) in [6.07, 6.45) is 0.383. The van der Waals surface area contributed by atoms with Crippen molar-refractivity contribution in [1.82, 2.24) is 24.6 Å². The van der Waals surface area contributed by atoms with Crippen LogP contribution < -0.4 is 10.5 Å². The number of nitrogen functional groups attached to an aromatic ring is 1. The van der Waals surface area contributed by atoms with E-state index in [1.54, 1.807) is 4.68 Å². The van der Waals surface area contributed by atoms with Crippen LogP contribution in [-0.4, -0.2) is 62.2 Å². The minimum absolute atomic E-state index is 0.235. The van der Waals surface area contributed by atoms with E-state index in [2.05, 4.69) is 9.97 Å². The van der Waals surface area contributed by atoms with Crippen LogP contribution in [0.25, 0.3) is 22.3 Å². The van der Waals surface area contributed by atoms with Crippen LogP contribution in [0.1, 0.15) is 6.04 Å². The Labute approximate surface area is 189 Å². The number of fused-ring (bicyclic) bond motifs is 1. The normalized spacial score (nSPS) is 16.5. The Kier molecular flexibility index (Phi) is 5.49. The Morgan fingerprint density at radius 2 is 1.85 bits per heavy atom. The van der Waals surface area contributed by atoms with E-state index in [0.717, 1.165) is 11.3 Å². The highest BCUT2D eigenvalue weighted by Gasteiger charge is 2.27. The van der Waals surface area contributed by atoms with Crippen molar-refractivity contribution in [3.63, 3.8) is 0 Å². The first-order valence-corrected chi connectivity index (χ1v) is 10.5. The standard InChI is InChI=1S/C23H22N6O4/c24-21-19-20(15-6-8-18(9-7-15)33-17-4-2-1-3-5-17)27-29(22(19)26-14-25-21)16-12-28(23(30)31)10-11-32-13-16/h1-9,14,16H,10-13H2,(H,30,31)(H2,24,25,26). The summed E-state index contributed by atoms with van der Waals surface area (Å²) in [7, 11) is 0. The number of rotatable bonds is 4. The average molecular weight is 446 g/mol. The second-order valence-corrected chi connectivity index (χ2v) is 7.65. The summed E-state index contributed by atoms with van der Waals surface area (Å²) >= 11 is 0. The third-order valence-electron chi connectivity index (χ3n) is 5.49.